The maximum absolute atomic E-state index is 11.3. The van der Waals surface area contributed by atoms with E-state index in [1.165, 1.54) is 6.92 Å². The molecule has 0 atom stereocenters. The number of aromatic carboxylic acids is 1. The largest absolute Gasteiger partial charge is 0.506 e. The average Bonchev–Trinajstić information content (AvgIpc) is 2.31. The van der Waals surface area contributed by atoms with Gasteiger partial charge in [0.05, 0.1) is 17.9 Å². The van der Waals surface area contributed by atoms with E-state index in [1.807, 2.05) is 0 Å². The molecule has 0 fully saturated rings. The standard InChI is InChI=1S/C11H11NO6/c1-2-18-11(17)9(14)12-7-5-6(10(15)16)3-4-8(7)13/h3-5,13H,2H2,1H3,(H,12,14)(H,15,16). The van der Waals surface area contributed by atoms with Crippen molar-refractivity contribution in [2.75, 3.05) is 11.9 Å². The van der Waals surface area contributed by atoms with E-state index in [0.717, 1.165) is 18.2 Å². The molecule has 0 heterocycles. The van der Waals surface area contributed by atoms with Gasteiger partial charge in [-0.3, -0.25) is 4.79 Å². The maximum atomic E-state index is 11.3. The Morgan fingerprint density at radius 1 is 1.33 bits per heavy atom. The third kappa shape index (κ3) is 3.21. The molecule has 0 bridgehead atoms. The molecule has 1 rings (SSSR count). The molecule has 18 heavy (non-hydrogen) atoms. The molecule has 0 saturated carbocycles. The number of hydrogen-bond donors (Lipinski definition) is 3. The molecule has 1 amide bonds. The second-order valence-corrected chi connectivity index (χ2v) is 3.21. The number of hydrogen-bond acceptors (Lipinski definition) is 5. The van der Waals surface area contributed by atoms with E-state index in [2.05, 4.69) is 10.1 Å². The first kappa shape index (κ1) is 13.5. The van der Waals surface area contributed by atoms with Crippen molar-refractivity contribution in [1.29, 1.82) is 0 Å². The number of amides is 1. The number of phenols is 1. The molecule has 0 unspecified atom stereocenters. The molecule has 0 saturated heterocycles. The van der Waals surface area contributed by atoms with E-state index in [9.17, 15) is 19.5 Å². The van der Waals surface area contributed by atoms with Crippen LogP contribution in [0.5, 0.6) is 5.75 Å². The molecule has 0 spiro atoms. The summed E-state index contributed by atoms with van der Waals surface area (Å²) >= 11 is 0. The minimum Gasteiger partial charge on any atom is -0.506 e. The highest BCUT2D eigenvalue weighted by Gasteiger charge is 2.17. The topological polar surface area (TPSA) is 113 Å². The molecule has 0 aliphatic rings. The molecule has 7 nitrogen and oxygen atoms in total. The van der Waals surface area contributed by atoms with Gasteiger partial charge in [-0.15, -0.1) is 0 Å². The zero-order valence-corrected chi connectivity index (χ0v) is 9.47. The van der Waals surface area contributed by atoms with Crippen molar-refractivity contribution < 1.29 is 29.3 Å². The normalized spacial score (nSPS) is 9.61. The summed E-state index contributed by atoms with van der Waals surface area (Å²) < 4.78 is 4.44. The van der Waals surface area contributed by atoms with Crippen LogP contribution in [-0.4, -0.2) is 34.7 Å². The monoisotopic (exact) mass is 253 g/mol. The van der Waals surface area contributed by atoms with Crippen LogP contribution < -0.4 is 5.32 Å². The summed E-state index contributed by atoms with van der Waals surface area (Å²) in [5.41, 5.74) is -0.306. The van der Waals surface area contributed by atoms with Gasteiger partial charge in [-0.05, 0) is 25.1 Å². The predicted octanol–water partition coefficient (Wildman–Crippen LogP) is 0.592. The summed E-state index contributed by atoms with van der Waals surface area (Å²) in [4.78, 5) is 33.0. The van der Waals surface area contributed by atoms with Crippen molar-refractivity contribution in [2.45, 2.75) is 6.92 Å². The first-order valence-corrected chi connectivity index (χ1v) is 5.00. The van der Waals surface area contributed by atoms with Gasteiger partial charge in [0.25, 0.3) is 0 Å². The van der Waals surface area contributed by atoms with E-state index in [1.54, 1.807) is 0 Å². The Balaban J connectivity index is 2.90. The van der Waals surface area contributed by atoms with Crippen LogP contribution in [0.25, 0.3) is 0 Å². The van der Waals surface area contributed by atoms with Crippen molar-refractivity contribution in [1.82, 2.24) is 0 Å². The number of esters is 1. The Hall–Kier alpha value is -2.57. The van der Waals surface area contributed by atoms with Crippen molar-refractivity contribution in [3.8, 4) is 5.75 Å². The number of ether oxygens (including phenoxy) is 1. The molecule has 3 N–H and O–H groups in total. The Morgan fingerprint density at radius 2 is 2.00 bits per heavy atom. The van der Waals surface area contributed by atoms with Gasteiger partial charge in [-0.25, -0.2) is 9.59 Å². The van der Waals surface area contributed by atoms with Crippen LogP contribution in [0, 0.1) is 0 Å². The molecule has 1 aromatic rings. The number of rotatable bonds is 3. The quantitative estimate of drug-likeness (QED) is 0.413. The molecule has 7 heteroatoms. The smallest absolute Gasteiger partial charge is 0.397 e. The van der Waals surface area contributed by atoms with Crippen LogP contribution in [0.15, 0.2) is 18.2 Å². The Kier molecular flexibility index (Phi) is 4.25. The van der Waals surface area contributed by atoms with Crippen LogP contribution >= 0.6 is 0 Å². The first-order valence-electron chi connectivity index (χ1n) is 5.00. The summed E-state index contributed by atoms with van der Waals surface area (Å²) in [6.07, 6.45) is 0. The van der Waals surface area contributed by atoms with E-state index >= 15 is 0 Å². The third-order valence-electron chi connectivity index (χ3n) is 1.95. The van der Waals surface area contributed by atoms with Crippen LogP contribution in [0.1, 0.15) is 17.3 Å². The number of carbonyl (C=O) groups is 3. The lowest BCUT2D eigenvalue weighted by atomic mass is 10.2. The highest BCUT2D eigenvalue weighted by molar-refractivity contribution is 6.37. The Labute approximate surface area is 102 Å². The van der Waals surface area contributed by atoms with Crippen molar-refractivity contribution in [3.63, 3.8) is 0 Å². The lowest BCUT2D eigenvalue weighted by Gasteiger charge is -2.07. The van der Waals surface area contributed by atoms with Gasteiger partial charge >= 0.3 is 17.8 Å². The van der Waals surface area contributed by atoms with Gasteiger partial charge < -0.3 is 20.3 Å². The summed E-state index contributed by atoms with van der Waals surface area (Å²) in [7, 11) is 0. The van der Waals surface area contributed by atoms with Gasteiger partial charge in [-0.1, -0.05) is 0 Å². The summed E-state index contributed by atoms with van der Waals surface area (Å²) in [6, 6.07) is 3.30. The number of anilines is 1. The third-order valence-corrected chi connectivity index (χ3v) is 1.95. The number of benzene rings is 1. The SMILES string of the molecule is CCOC(=O)C(=O)Nc1cc(C(=O)O)ccc1O. The lowest BCUT2D eigenvalue weighted by Crippen LogP contribution is -2.25. The van der Waals surface area contributed by atoms with Gasteiger partial charge in [0, 0.05) is 0 Å². The zero-order chi connectivity index (χ0) is 13.7. The van der Waals surface area contributed by atoms with E-state index in [0.29, 0.717) is 0 Å². The molecular formula is C11H11NO6. The fourth-order valence-electron chi connectivity index (χ4n) is 1.14. The van der Waals surface area contributed by atoms with Crippen molar-refractivity contribution >= 4 is 23.5 Å². The van der Waals surface area contributed by atoms with Gasteiger partial charge in [0.15, 0.2) is 0 Å². The number of nitrogens with one attached hydrogen (secondary N) is 1. The second-order valence-electron chi connectivity index (χ2n) is 3.21. The van der Waals surface area contributed by atoms with Crippen LogP contribution in [-0.2, 0) is 14.3 Å². The Morgan fingerprint density at radius 3 is 2.56 bits per heavy atom. The van der Waals surface area contributed by atoms with Crippen LogP contribution in [0.2, 0.25) is 0 Å². The van der Waals surface area contributed by atoms with Gasteiger partial charge in [-0.2, -0.15) is 0 Å². The summed E-state index contributed by atoms with van der Waals surface area (Å²) in [5, 5.41) is 20.2. The number of carboxylic acid groups (broad SMARTS) is 1. The Bertz CT molecular complexity index is 496. The highest BCUT2D eigenvalue weighted by atomic mass is 16.5. The number of carboxylic acids is 1. The lowest BCUT2D eigenvalue weighted by molar-refractivity contribution is -0.152. The minimum atomic E-state index is -1.22. The molecule has 96 valence electrons. The average molecular weight is 253 g/mol. The minimum absolute atomic E-state index is 0.0351. The summed E-state index contributed by atoms with van der Waals surface area (Å²) in [6.45, 7) is 1.57. The number of carbonyl (C=O) groups excluding carboxylic acids is 2. The molecule has 0 radical (unpaired) electrons. The molecule has 0 aromatic heterocycles. The number of phenolic OH excluding ortho intramolecular Hbond substituents is 1. The van der Waals surface area contributed by atoms with Crippen LogP contribution in [0.3, 0.4) is 0 Å². The van der Waals surface area contributed by atoms with E-state index in [-0.39, 0.29) is 23.6 Å². The fraction of sp³-hybridized carbons (Fsp3) is 0.182. The van der Waals surface area contributed by atoms with Crippen molar-refractivity contribution in [3.05, 3.63) is 23.8 Å². The summed E-state index contributed by atoms with van der Waals surface area (Å²) in [5.74, 6) is -3.77. The molecule has 0 aliphatic heterocycles. The maximum Gasteiger partial charge on any atom is 0.397 e. The van der Waals surface area contributed by atoms with Gasteiger partial charge in [0.1, 0.15) is 5.75 Å². The molecule has 1 aromatic carbocycles. The van der Waals surface area contributed by atoms with Crippen LogP contribution in [0.4, 0.5) is 5.69 Å². The first-order chi connectivity index (χ1) is 8.45. The van der Waals surface area contributed by atoms with E-state index < -0.39 is 17.8 Å². The molecule has 0 aliphatic carbocycles. The van der Waals surface area contributed by atoms with Gasteiger partial charge in [0.2, 0.25) is 0 Å². The van der Waals surface area contributed by atoms with E-state index in [4.69, 9.17) is 5.11 Å². The predicted molar refractivity (Wildman–Crippen MR) is 60.3 cm³/mol. The number of aromatic hydroxyl groups is 1. The zero-order valence-electron chi connectivity index (χ0n) is 9.47. The molecular weight excluding hydrogens is 242 g/mol. The highest BCUT2D eigenvalue weighted by Crippen LogP contribution is 2.24. The fourth-order valence-corrected chi connectivity index (χ4v) is 1.14. The second kappa shape index (κ2) is 5.67. The van der Waals surface area contributed by atoms with Crippen molar-refractivity contribution in [2.24, 2.45) is 0 Å².